The molecule has 1 aromatic rings. The molecule has 9 heteroatoms. The molecule has 2 rings (SSSR count). The van der Waals surface area contributed by atoms with Crippen LogP contribution in [-0.4, -0.2) is 63.6 Å². The second-order valence-corrected chi connectivity index (χ2v) is 9.34. The second-order valence-electron chi connectivity index (χ2n) is 7.67. The van der Waals surface area contributed by atoms with Crippen molar-refractivity contribution in [1.29, 1.82) is 0 Å². The summed E-state index contributed by atoms with van der Waals surface area (Å²) in [6.07, 6.45) is 7.63. The van der Waals surface area contributed by atoms with Gasteiger partial charge >= 0.3 is 10.2 Å². The number of piperidine rings is 1. The summed E-state index contributed by atoms with van der Waals surface area (Å²) in [4.78, 5) is 2.24. The average Bonchev–Trinajstić information content (AvgIpc) is 2.70. The molecule has 170 valence electrons. The molecule has 0 unspecified atom stereocenters. The standard InChI is InChI=1S/C21H33F2N3O3S/c1-3-12-25(2)13-6-4-5-7-16-29-19-10-14-26(15-11-19)30(27,28)24-18-8-9-20(22)21(23)17-18/h3,8-9,17,19,24H,1,4-7,10-16H2,2H3. The van der Waals surface area contributed by atoms with Crippen molar-refractivity contribution in [2.24, 2.45) is 0 Å². The van der Waals surface area contributed by atoms with Crippen LogP contribution in [0.4, 0.5) is 14.5 Å². The molecule has 30 heavy (non-hydrogen) atoms. The lowest BCUT2D eigenvalue weighted by Gasteiger charge is -2.31. The summed E-state index contributed by atoms with van der Waals surface area (Å²) in [6.45, 7) is 7.06. The maximum Gasteiger partial charge on any atom is 0.301 e. The van der Waals surface area contributed by atoms with E-state index < -0.39 is 21.8 Å². The van der Waals surface area contributed by atoms with E-state index in [9.17, 15) is 17.2 Å². The number of halogens is 2. The Morgan fingerprint density at radius 2 is 1.90 bits per heavy atom. The fraction of sp³-hybridized carbons (Fsp3) is 0.619. The third-order valence-corrected chi connectivity index (χ3v) is 6.67. The molecule has 1 saturated heterocycles. The summed E-state index contributed by atoms with van der Waals surface area (Å²) in [5, 5.41) is 0. The van der Waals surface area contributed by atoms with Gasteiger partial charge < -0.3 is 9.64 Å². The fourth-order valence-electron chi connectivity index (χ4n) is 3.41. The Hall–Kier alpha value is -1.55. The van der Waals surface area contributed by atoms with Crippen molar-refractivity contribution in [3.63, 3.8) is 0 Å². The van der Waals surface area contributed by atoms with Gasteiger partial charge in [-0.3, -0.25) is 4.72 Å². The topological polar surface area (TPSA) is 61.9 Å². The van der Waals surface area contributed by atoms with E-state index in [0.29, 0.717) is 32.5 Å². The highest BCUT2D eigenvalue weighted by Crippen LogP contribution is 2.20. The lowest BCUT2D eigenvalue weighted by Crippen LogP contribution is -2.43. The van der Waals surface area contributed by atoms with Crippen molar-refractivity contribution in [2.75, 3.05) is 44.6 Å². The molecule has 1 N–H and O–H groups in total. The van der Waals surface area contributed by atoms with Crippen LogP contribution < -0.4 is 4.72 Å². The van der Waals surface area contributed by atoms with E-state index in [1.165, 1.54) is 10.4 Å². The zero-order chi connectivity index (χ0) is 22.0. The lowest BCUT2D eigenvalue weighted by atomic mass is 10.1. The molecule has 0 amide bonds. The van der Waals surface area contributed by atoms with Crippen LogP contribution in [0.2, 0.25) is 0 Å². The van der Waals surface area contributed by atoms with Crippen molar-refractivity contribution in [3.05, 3.63) is 42.5 Å². The molecule has 1 heterocycles. The van der Waals surface area contributed by atoms with Crippen molar-refractivity contribution in [2.45, 2.75) is 44.6 Å². The summed E-state index contributed by atoms with van der Waals surface area (Å²) in [7, 11) is -1.72. The molecule has 0 aliphatic carbocycles. The predicted octanol–water partition coefficient (Wildman–Crippen LogP) is 3.78. The van der Waals surface area contributed by atoms with Gasteiger partial charge in [0.1, 0.15) is 0 Å². The summed E-state index contributed by atoms with van der Waals surface area (Å²) < 4.78 is 60.7. The van der Waals surface area contributed by atoms with Gasteiger partial charge in [0.25, 0.3) is 0 Å². The van der Waals surface area contributed by atoms with Gasteiger partial charge in [0.05, 0.1) is 11.8 Å². The minimum Gasteiger partial charge on any atom is -0.378 e. The van der Waals surface area contributed by atoms with Crippen LogP contribution >= 0.6 is 0 Å². The normalized spacial score (nSPS) is 16.1. The van der Waals surface area contributed by atoms with E-state index >= 15 is 0 Å². The zero-order valence-corrected chi connectivity index (χ0v) is 18.5. The number of ether oxygens (including phenoxy) is 1. The summed E-state index contributed by atoms with van der Waals surface area (Å²) in [5.41, 5.74) is 0.00274. The Labute approximate surface area is 179 Å². The predicted molar refractivity (Wildman–Crippen MR) is 116 cm³/mol. The van der Waals surface area contributed by atoms with Crippen molar-refractivity contribution in [1.82, 2.24) is 9.21 Å². The molecule has 0 spiro atoms. The Balaban J connectivity index is 1.62. The van der Waals surface area contributed by atoms with Crippen LogP contribution in [0.1, 0.15) is 38.5 Å². The van der Waals surface area contributed by atoms with Gasteiger partial charge in [0, 0.05) is 32.3 Å². The molecule has 1 fully saturated rings. The third kappa shape index (κ3) is 8.29. The van der Waals surface area contributed by atoms with Gasteiger partial charge in [-0.2, -0.15) is 12.7 Å². The highest BCUT2D eigenvalue weighted by molar-refractivity contribution is 7.90. The number of hydrogen-bond acceptors (Lipinski definition) is 4. The summed E-state index contributed by atoms with van der Waals surface area (Å²) in [6, 6.07) is 2.93. The Morgan fingerprint density at radius 1 is 1.20 bits per heavy atom. The highest BCUT2D eigenvalue weighted by Gasteiger charge is 2.28. The number of unbranched alkanes of at least 4 members (excludes halogenated alkanes) is 3. The number of benzene rings is 1. The van der Waals surface area contributed by atoms with Crippen molar-refractivity contribution < 1.29 is 21.9 Å². The van der Waals surface area contributed by atoms with Gasteiger partial charge in [-0.25, -0.2) is 8.78 Å². The first-order valence-corrected chi connectivity index (χ1v) is 11.9. The van der Waals surface area contributed by atoms with E-state index in [1.807, 2.05) is 6.08 Å². The van der Waals surface area contributed by atoms with Crippen LogP contribution in [0, 0.1) is 11.6 Å². The number of hydrogen-bond donors (Lipinski definition) is 1. The van der Waals surface area contributed by atoms with Crippen LogP contribution in [0.25, 0.3) is 0 Å². The van der Waals surface area contributed by atoms with Gasteiger partial charge in [-0.1, -0.05) is 18.9 Å². The first-order chi connectivity index (χ1) is 14.3. The molecule has 0 aromatic heterocycles. The second kappa shape index (κ2) is 12.3. The van der Waals surface area contributed by atoms with Crippen molar-refractivity contribution >= 4 is 15.9 Å². The lowest BCUT2D eigenvalue weighted by molar-refractivity contribution is 0.0193. The van der Waals surface area contributed by atoms with E-state index in [4.69, 9.17) is 4.74 Å². The first-order valence-electron chi connectivity index (χ1n) is 10.5. The molecule has 1 aliphatic heterocycles. The van der Waals surface area contributed by atoms with Gasteiger partial charge in [-0.05, 0) is 51.4 Å². The molecule has 1 aromatic carbocycles. The van der Waals surface area contributed by atoms with Crippen molar-refractivity contribution in [3.8, 4) is 0 Å². The Bertz CT molecular complexity index is 769. The van der Waals surface area contributed by atoms with E-state index in [0.717, 1.165) is 50.9 Å². The third-order valence-electron chi connectivity index (χ3n) is 5.14. The highest BCUT2D eigenvalue weighted by atomic mass is 32.2. The molecular weight excluding hydrogens is 412 g/mol. The molecular formula is C21H33F2N3O3S. The Kier molecular flexibility index (Phi) is 10.2. The largest absolute Gasteiger partial charge is 0.378 e. The monoisotopic (exact) mass is 445 g/mol. The minimum atomic E-state index is -3.81. The van der Waals surface area contributed by atoms with Crippen LogP contribution in [0.3, 0.4) is 0 Å². The number of nitrogens with one attached hydrogen (secondary N) is 1. The number of nitrogens with zero attached hydrogens (tertiary/aromatic N) is 2. The van der Waals surface area contributed by atoms with E-state index in [1.54, 1.807) is 0 Å². The smallest absolute Gasteiger partial charge is 0.301 e. The quantitative estimate of drug-likeness (QED) is 0.371. The molecule has 0 bridgehead atoms. The van der Waals surface area contributed by atoms with Gasteiger partial charge in [0.15, 0.2) is 11.6 Å². The SMILES string of the molecule is C=CCN(C)CCCCCCOC1CCN(S(=O)(=O)Nc2ccc(F)c(F)c2)CC1. The number of anilines is 1. The van der Waals surface area contributed by atoms with Gasteiger partial charge in [-0.15, -0.1) is 6.58 Å². The van der Waals surface area contributed by atoms with Crippen LogP contribution in [-0.2, 0) is 14.9 Å². The van der Waals surface area contributed by atoms with E-state index in [2.05, 4.69) is 23.2 Å². The molecule has 1 aliphatic rings. The van der Waals surface area contributed by atoms with Gasteiger partial charge in [0.2, 0.25) is 0 Å². The zero-order valence-electron chi connectivity index (χ0n) is 17.7. The Morgan fingerprint density at radius 3 is 2.57 bits per heavy atom. The number of likely N-dealkylation sites (N-methyl/N-ethyl adjacent to an activating group) is 1. The molecule has 0 radical (unpaired) electrons. The molecule has 6 nitrogen and oxygen atoms in total. The number of rotatable bonds is 13. The van der Waals surface area contributed by atoms with Crippen LogP contribution in [0.15, 0.2) is 30.9 Å². The van der Waals surface area contributed by atoms with Crippen LogP contribution in [0.5, 0.6) is 0 Å². The summed E-state index contributed by atoms with van der Waals surface area (Å²) >= 11 is 0. The summed E-state index contributed by atoms with van der Waals surface area (Å²) in [5.74, 6) is -2.11. The maximum absolute atomic E-state index is 13.3. The molecule has 0 saturated carbocycles. The average molecular weight is 446 g/mol. The van der Waals surface area contributed by atoms with E-state index in [-0.39, 0.29) is 11.8 Å². The fourth-order valence-corrected chi connectivity index (χ4v) is 4.66. The molecule has 0 atom stereocenters. The maximum atomic E-state index is 13.3. The first kappa shape index (κ1) is 24.7. The minimum absolute atomic E-state index is 0.00274.